The molecule has 0 aromatic heterocycles. The minimum Gasteiger partial charge on any atom is -0.480 e. The van der Waals surface area contributed by atoms with Crippen LogP contribution in [-0.2, 0) is 9.59 Å². The number of amides is 1. The van der Waals surface area contributed by atoms with Crippen LogP contribution in [0.4, 0.5) is 0 Å². The maximum Gasteiger partial charge on any atom is 0.326 e. The zero-order valence-electron chi connectivity index (χ0n) is 11.3. The Bertz CT molecular complexity index is 429. The summed E-state index contributed by atoms with van der Waals surface area (Å²) < 4.78 is 0. The number of nitrogens with zero attached hydrogens (tertiary/aromatic N) is 1. The van der Waals surface area contributed by atoms with Crippen molar-refractivity contribution in [2.45, 2.75) is 51.1 Å². The molecule has 0 aromatic carbocycles. The fourth-order valence-electron chi connectivity index (χ4n) is 4.99. The fraction of sp³-hybridized carbons (Fsp3) is 0.867. The Morgan fingerprint density at radius 3 is 2.16 bits per heavy atom. The molecule has 4 fully saturated rings. The monoisotopic (exact) mass is 263 g/mol. The van der Waals surface area contributed by atoms with E-state index in [1.165, 1.54) is 19.3 Å². The van der Waals surface area contributed by atoms with Crippen LogP contribution < -0.4 is 0 Å². The van der Waals surface area contributed by atoms with Gasteiger partial charge in [0.15, 0.2) is 0 Å². The molecule has 4 rings (SSSR count). The van der Waals surface area contributed by atoms with Crippen LogP contribution >= 0.6 is 0 Å². The Kier molecular flexibility index (Phi) is 2.31. The lowest BCUT2D eigenvalue weighted by atomic mass is 10.0. The van der Waals surface area contributed by atoms with Gasteiger partial charge < -0.3 is 10.0 Å². The molecule has 19 heavy (non-hydrogen) atoms. The summed E-state index contributed by atoms with van der Waals surface area (Å²) in [6.45, 7) is 1.66. The van der Waals surface area contributed by atoms with Crippen LogP contribution in [-0.4, -0.2) is 34.0 Å². The topological polar surface area (TPSA) is 57.6 Å². The number of carboxylic acid groups (broad SMARTS) is 1. The molecule has 4 aliphatic rings. The highest BCUT2D eigenvalue weighted by molar-refractivity contribution is 5.88. The Hall–Kier alpha value is -1.06. The molecule has 0 aliphatic heterocycles. The molecule has 104 valence electrons. The molecule has 1 amide bonds. The molecule has 4 nitrogen and oxygen atoms in total. The maximum atomic E-state index is 12.7. The summed E-state index contributed by atoms with van der Waals surface area (Å²) in [5.41, 5.74) is 0. The van der Waals surface area contributed by atoms with Crippen LogP contribution in [0.2, 0.25) is 0 Å². The Labute approximate surface area is 113 Å². The van der Waals surface area contributed by atoms with Gasteiger partial charge in [-0.05, 0) is 62.7 Å². The van der Waals surface area contributed by atoms with Crippen molar-refractivity contribution in [2.24, 2.45) is 29.6 Å². The van der Waals surface area contributed by atoms with Crippen LogP contribution in [0.15, 0.2) is 0 Å². The molecule has 0 aromatic rings. The van der Waals surface area contributed by atoms with Gasteiger partial charge in [-0.25, -0.2) is 4.79 Å². The number of carbonyl (C=O) groups is 2. The molecule has 0 heterocycles. The molecule has 6 atom stereocenters. The largest absolute Gasteiger partial charge is 0.480 e. The number of carboxylic acids is 1. The summed E-state index contributed by atoms with van der Waals surface area (Å²) >= 11 is 0. The van der Waals surface area contributed by atoms with Gasteiger partial charge in [-0.1, -0.05) is 0 Å². The van der Waals surface area contributed by atoms with E-state index >= 15 is 0 Å². The lowest BCUT2D eigenvalue weighted by Gasteiger charge is -2.27. The lowest BCUT2D eigenvalue weighted by Crippen LogP contribution is -2.46. The Morgan fingerprint density at radius 2 is 1.68 bits per heavy atom. The molecule has 2 bridgehead atoms. The van der Waals surface area contributed by atoms with Crippen molar-refractivity contribution in [3.63, 3.8) is 0 Å². The van der Waals surface area contributed by atoms with E-state index in [0.717, 1.165) is 24.7 Å². The molecule has 4 saturated carbocycles. The molecule has 0 radical (unpaired) electrons. The van der Waals surface area contributed by atoms with E-state index in [9.17, 15) is 14.7 Å². The van der Waals surface area contributed by atoms with Crippen molar-refractivity contribution < 1.29 is 14.7 Å². The number of hydrogen-bond donors (Lipinski definition) is 1. The standard InChI is InChI=1S/C15H21NO3/c1-7(15(18)19)16(10-4-5-10)14(17)13-11-8-2-3-9(6-8)12(11)13/h7-13H,2-6H2,1H3,(H,18,19)/t7-,8+,9+,11-,12+,13?/m1/s1. The molecule has 1 N–H and O–H groups in total. The molecule has 0 spiro atoms. The lowest BCUT2D eigenvalue weighted by molar-refractivity contribution is -0.151. The Balaban J connectivity index is 1.52. The van der Waals surface area contributed by atoms with E-state index < -0.39 is 12.0 Å². The van der Waals surface area contributed by atoms with E-state index in [2.05, 4.69) is 0 Å². The van der Waals surface area contributed by atoms with Crippen molar-refractivity contribution >= 4 is 11.9 Å². The van der Waals surface area contributed by atoms with Gasteiger partial charge in [-0.3, -0.25) is 4.79 Å². The van der Waals surface area contributed by atoms with E-state index in [0.29, 0.717) is 11.8 Å². The maximum absolute atomic E-state index is 12.7. The second kappa shape index (κ2) is 3.74. The summed E-state index contributed by atoms with van der Waals surface area (Å²) in [5, 5.41) is 9.21. The summed E-state index contributed by atoms with van der Waals surface area (Å²) in [4.78, 5) is 25.6. The van der Waals surface area contributed by atoms with Gasteiger partial charge in [0.05, 0.1) is 0 Å². The van der Waals surface area contributed by atoms with Crippen LogP contribution in [0.3, 0.4) is 0 Å². The van der Waals surface area contributed by atoms with Gasteiger partial charge in [0, 0.05) is 12.0 Å². The van der Waals surface area contributed by atoms with Crippen LogP contribution in [0.1, 0.15) is 39.0 Å². The van der Waals surface area contributed by atoms with Gasteiger partial charge in [0.2, 0.25) is 5.91 Å². The predicted molar refractivity (Wildman–Crippen MR) is 68.3 cm³/mol. The minimum atomic E-state index is -0.867. The van der Waals surface area contributed by atoms with Crippen LogP contribution in [0, 0.1) is 29.6 Å². The van der Waals surface area contributed by atoms with E-state index in [1.54, 1.807) is 11.8 Å². The minimum absolute atomic E-state index is 0.156. The zero-order chi connectivity index (χ0) is 13.3. The highest BCUT2D eigenvalue weighted by atomic mass is 16.4. The SMILES string of the molecule is C[C@H](C(=O)O)N(C(=O)C1[C@@H]2[C@H]3CC[C@@H](C3)[C@H]12)C1CC1. The first-order chi connectivity index (χ1) is 9.09. The summed E-state index contributed by atoms with van der Waals surface area (Å²) in [6.07, 6.45) is 5.90. The van der Waals surface area contributed by atoms with Crippen molar-refractivity contribution in [1.82, 2.24) is 4.90 Å². The van der Waals surface area contributed by atoms with Gasteiger partial charge in [0.25, 0.3) is 0 Å². The normalized spacial score (nSPS) is 43.7. The van der Waals surface area contributed by atoms with Crippen LogP contribution in [0.25, 0.3) is 0 Å². The number of carbonyl (C=O) groups excluding carboxylic acids is 1. The van der Waals surface area contributed by atoms with E-state index in [4.69, 9.17) is 0 Å². The fourth-order valence-corrected chi connectivity index (χ4v) is 4.99. The van der Waals surface area contributed by atoms with Gasteiger partial charge in [-0.2, -0.15) is 0 Å². The second-order valence-electron chi connectivity index (χ2n) is 7.00. The number of hydrogen-bond acceptors (Lipinski definition) is 2. The zero-order valence-corrected chi connectivity index (χ0v) is 11.3. The molecular formula is C15H21NO3. The number of rotatable bonds is 4. The molecule has 0 saturated heterocycles. The summed E-state index contributed by atoms with van der Waals surface area (Å²) in [7, 11) is 0. The van der Waals surface area contributed by atoms with Gasteiger partial charge in [-0.15, -0.1) is 0 Å². The first-order valence-electron chi connectivity index (χ1n) is 7.64. The first kappa shape index (κ1) is 11.7. The average Bonchev–Trinajstić information content (AvgIpc) is 3.28. The number of aliphatic carboxylic acids is 1. The van der Waals surface area contributed by atoms with Crippen LogP contribution in [0.5, 0.6) is 0 Å². The first-order valence-corrected chi connectivity index (χ1v) is 7.64. The summed E-state index contributed by atoms with van der Waals surface area (Å²) in [6, 6.07) is -0.448. The van der Waals surface area contributed by atoms with Crippen molar-refractivity contribution in [3.05, 3.63) is 0 Å². The molecular weight excluding hydrogens is 242 g/mol. The second-order valence-corrected chi connectivity index (χ2v) is 7.00. The van der Waals surface area contributed by atoms with Gasteiger partial charge in [0.1, 0.15) is 6.04 Å². The average molecular weight is 263 g/mol. The molecule has 4 heteroatoms. The third kappa shape index (κ3) is 1.58. The number of fused-ring (bicyclic) bond motifs is 5. The third-order valence-corrected chi connectivity index (χ3v) is 5.99. The molecule has 1 unspecified atom stereocenters. The highest BCUT2D eigenvalue weighted by Crippen LogP contribution is 2.69. The van der Waals surface area contributed by atoms with Crippen molar-refractivity contribution in [1.29, 1.82) is 0 Å². The smallest absolute Gasteiger partial charge is 0.326 e. The quantitative estimate of drug-likeness (QED) is 0.840. The summed E-state index contributed by atoms with van der Waals surface area (Å²) in [5.74, 6) is 2.21. The third-order valence-electron chi connectivity index (χ3n) is 5.99. The predicted octanol–water partition coefficient (Wildman–Crippen LogP) is 1.74. The highest BCUT2D eigenvalue weighted by Gasteiger charge is 2.68. The van der Waals surface area contributed by atoms with Crippen molar-refractivity contribution in [2.75, 3.05) is 0 Å². The molecule has 4 aliphatic carbocycles. The van der Waals surface area contributed by atoms with E-state index in [-0.39, 0.29) is 17.9 Å². The van der Waals surface area contributed by atoms with Gasteiger partial charge >= 0.3 is 5.97 Å². The van der Waals surface area contributed by atoms with E-state index in [1.807, 2.05) is 0 Å². The van der Waals surface area contributed by atoms with Crippen molar-refractivity contribution in [3.8, 4) is 0 Å². The Morgan fingerprint density at radius 1 is 1.11 bits per heavy atom.